The van der Waals surface area contributed by atoms with Crippen LogP contribution < -0.4 is 5.73 Å². The molecule has 1 unspecified atom stereocenters. The van der Waals surface area contributed by atoms with Gasteiger partial charge in [0.05, 0.1) is 12.2 Å². The lowest BCUT2D eigenvalue weighted by Gasteiger charge is -2.09. The van der Waals surface area contributed by atoms with Crippen molar-refractivity contribution in [2.75, 3.05) is 6.61 Å². The first-order chi connectivity index (χ1) is 10.1. The average Bonchev–Trinajstić information content (AvgIpc) is 2.48. The van der Waals surface area contributed by atoms with Gasteiger partial charge in [-0.3, -0.25) is 4.79 Å². The number of allylic oxidation sites excluding steroid dienone is 1. The standard InChI is InChI=1S/C16H17NO3S/c1-2-20-16(19)14-5-3-4-12(10-14)11-21-8-6-13(7-9-21)15(17)18/h3-10H,2,11H2,1H3,(H2,17,18). The van der Waals surface area contributed by atoms with Crippen LogP contribution in [0.15, 0.2) is 47.4 Å². The molecule has 5 heteroatoms. The van der Waals surface area contributed by atoms with Crippen LogP contribution in [0, 0.1) is 0 Å². The Labute approximate surface area is 126 Å². The predicted molar refractivity (Wildman–Crippen MR) is 86.2 cm³/mol. The molecule has 0 fully saturated rings. The highest BCUT2D eigenvalue weighted by atomic mass is 32.2. The molecule has 1 aromatic carbocycles. The lowest BCUT2D eigenvalue weighted by Crippen LogP contribution is -2.13. The normalized spacial score (nSPS) is 16.8. The van der Waals surface area contributed by atoms with E-state index in [0.717, 1.165) is 11.3 Å². The second-order valence-corrected chi connectivity index (χ2v) is 6.23. The van der Waals surface area contributed by atoms with Crippen LogP contribution in [0.4, 0.5) is 0 Å². The molecule has 1 aliphatic heterocycles. The molecule has 0 radical (unpaired) electrons. The minimum atomic E-state index is -0.421. The van der Waals surface area contributed by atoms with Gasteiger partial charge in [0, 0.05) is 11.3 Å². The van der Waals surface area contributed by atoms with E-state index in [9.17, 15) is 9.59 Å². The Hall–Kier alpha value is -2.14. The second kappa shape index (κ2) is 7.04. The fourth-order valence-corrected chi connectivity index (χ4v) is 3.37. The van der Waals surface area contributed by atoms with Crippen molar-refractivity contribution < 1.29 is 14.3 Å². The molecule has 0 aliphatic carbocycles. The van der Waals surface area contributed by atoms with Crippen LogP contribution in [0.5, 0.6) is 0 Å². The zero-order valence-electron chi connectivity index (χ0n) is 11.7. The molecular formula is C16H17NO3S. The lowest BCUT2D eigenvalue weighted by molar-refractivity contribution is -0.114. The maximum atomic E-state index is 11.7. The summed E-state index contributed by atoms with van der Waals surface area (Å²) in [6, 6.07) is 7.42. The molecule has 0 saturated heterocycles. The number of hydrogen-bond donors (Lipinski definition) is 1. The van der Waals surface area contributed by atoms with Gasteiger partial charge in [-0.25, -0.2) is 4.79 Å². The summed E-state index contributed by atoms with van der Waals surface area (Å²) in [5, 5.41) is 3.94. The number of amides is 1. The summed E-state index contributed by atoms with van der Waals surface area (Å²) in [6.07, 6.45) is 3.50. The summed E-state index contributed by atoms with van der Waals surface area (Å²) in [4.78, 5) is 22.7. The van der Waals surface area contributed by atoms with E-state index in [0.29, 0.717) is 17.7 Å². The van der Waals surface area contributed by atoms with Crippen LogP contribution in [0.3, 0.4) is 0 Å². The third kappa shape index (κ3) is 4.16. The Morgan fingerprint density at radius 2 is 2.14 bits per heavy atom. The molecule has 21 heavy (non-hydrogen) atoms. The van der Waals surface area contributed by atoms with Gasteiger partial charge in [0.15, 0.2) is 0 Å². The Bertz CT molecular complexity index is 659. The van der Waals surface area contributed by atoms with Crippen molar-refractivity contribution in [2.45, 2.75) is 12.7 Å². The highest BCUT2D eigenvalue weighted by molar-refractivity contribution is 8.17. The highest BCUT2D eigenvalue weighted by Gasteiger charge is 2.08. The molecule has 1 atom stereocenters. The summed E-state index contributed by atoms with van der Waals surface area (Å²) < 4.78 is 4.99. The van der Waals surface area contributed by atoms with Crippen LogP contribution in [0.1, 0.15) is 22.8 Å². The first-order valence-corrected chi connectivity index (χ1v) is 8.10. The first-order valence-electron chi connectivity index (χ1n) is 6.58. The SMILES string of the molecule is CCOC(=O)c1cccc(CS2=CC=C(C(N)=O)C=C2)c1. The minimum Gasteiger partial charge on any atom is -0.462 e. The average molecular weight is 303 g/mol. The Morgan fingerprint density at radius 3 is 2.76 bits per heavy atom. The van der Waals surface area contributed by atoms with Crippen molar-refractivity contribution in [3.05, 3.63) is 58.5 Å². The summed E-state index contributed by atoms with van der Waals surface area (Å²) in [5.41, 5.74) is 7.35. The van der Waals surface area contributed by atoms with Gasteiger partial charge in [0.25, 0.3) is 0 Å². The van der Waals surface area contributed by atoms with E-state index >= 15 is 0 Å². The molecule has 1 aromatic rings. The molecule has 2 rings (SSSR count). The van der Waals surface area contributed by atoms with Gasteiger partial charge in [0.1, 0.15) is 0 Å². The first kappa shape index (κ1) is 15.3. The molecule has 2 N–H and O–H groups in total. The van der Waals surface area contributed by atoms with E-state index in [2.05, 4.69) is 0 Å². The van der Waals surface area contributed by atoms with E-state index < -0.39 is 5.91 Å². The molecular weight excluding hydrogens is 286 g/mol. The number of primary amides is 1. The number of benzene rings is 1. The second-order valence-electron chi connectivity index (χ2n) is 4.46. The molecule has 110 valence electrons. The molecule has 1 aliphatic rings. The molecule has 1 amide bonds. The number of rotatable bonds is 5. The topological polar surface area (TPSA) is 69.4 Å². The highest BCUT2D eigenvalue weighted by Crippen LogP contribution is 2.25. The van der Waals surface area contributed by atoms with Crippen LogP contribution in [0.2, 0.25) is 0 Å². The number of hydrogen-bond acceptors (Lipinski definition) is 3. The quantitative estimate of drug-likeness (QED) is 0.670. The Morgan fingerprint density at radius 1 is 1.33 bits per heavy atom. The Kier molecular flexibility index (Phi) is 5.11. The molecule has 4 nitrogen and oxygen atoms in total. The zero-order valence-corrected chi connectivity index (χ0v) is 12.6. The number of carbonyl (C=O) groups excluding carboxylic acids is 2. The van der Waals surface area contributed by atoms with E-state index in [-0.39, 0.29) is 16.5 Å². The minimum absolute atomic E-state index is 0.0999. The van der Waals surface area contributed by atoms with Gasteiger partial charge >= 0.3 is 5.97 Å². The summed E-state index contributed by atoms with van der Waals surface area (Å²) in [7, 11) is -0.0999. The van der Waals surface area contributed by atoms with Gasteiger partial charge < -0.3 is 10.5 Å². The van der Waals surface area contributed by atoms with E-state index in [1.54, 1.807) is 25.1 Å². The van der Waals surface area contributed by atoms with E-state index in [1.807, 2.05) is 29.0 Å². The van der Waals surface area contributed by atoms with Crippen molar-refractivity contribution in [3.63, 3.8) is 0 Å². The van der Waals surface area contributed by atoms with Gasteiger partial charge in [-0.1, -0.05) is 12.1 Å². The van der Waals surface area contributed by atoms with Crippen molar-refractivity contribution in [1.82, 2.24) is 0 Å². The van der Waals surface area contributed by atoms with E-state index in [1.165, 1.54) is 0 Å². The number of ether oxygens (including phenoxy) is 1. The predicted octanol–water partition coefficient (Wildman–Crippen LogP) is 2.37. The monoisotopic (exact) mass is 303 g/mol. The van der Waals surface area contributed by atoms with Crippen molar-refractivity contribution in [2.24, 2.45) is 5.73 Å². The zero-order chi connectivity index (χ0) is 15.2. The maximum absolute atomic E-state index is 11.7. The van der Waals surface area contributed by atoms with Crippen molar-refractivity contribution >= 4 is 27.7 Å². The van der Waals surface area contributed by atoms with Crippen LogP contribution in [0.25, 0.3) is 0 Å². The smallest absolute Gasteiger partial charge is 0.338 e. The Balaban J connectivity index is 2.11. The van der Waals surface area contributed by atoms with Crippen LogP contribution in [-0.2, 0) is 15.3 Å². The molecule has 0 saturated carbocycles. The molecule has 0 aromatic heterocycles. The number of carbonyl (C=O) groups is 2. The van der Waals surface area contributed by atoms with Crippen LogP contribution >= 0.6 is 10.5 Å². The van der Waals surface area contributed by atoms with Crippen LogP contribution in [-0.4, -0.2) is 23.9 Å². The summed E-state index contributed by atoms with van der Waals surface area (Å²) >= 11 is 0. The fourth-order valence-electron chi connectivity index (χ4n) is 1.88. The van der Waals surface area contributed by atoms with Crippen molar-refractivity contribution in [1.29, 1.82) is 0 Å². The van der Waals surface area contributed by atoms with Gasteiger partial charge in [-0.15, -0.1) is 0 Å². The number of nitrogens with two attached hydrogens (primary N) is 1. The molecule has 1 heterocycles. The maximum Gasteiger partial charge on any atom is 0.338 e. The molecule has 0 spiro atoms. The van der Waals surface area contributed by atoms with E-state index in [4.69, 9.17) is 10.5 Å². The summed E-state index contributed by atoms with van der Waals surface area (Å²) in [6.45, 7) is 2.15. The summed E-state index contributed by atoms with van der Waals surface area (Å²) in [5.74, 6) is 0.0588. The lowest BCUT2D eigenvalue weighted by atomic mass is 10.1. The van der Waals surface area contributed by atoms with Gasteiger partial charge in [-0.05, 0) is 47.5 Å². The number of esters is 1. The molecule has 0 bridgehead atoms. The van der Waals surface area contributed by atoms with Gasteiger partial charge in [-0.2, -0.15) is 10.5 Å². The van der Waals surface area contributed by atoms with Gasteiger partial charge in [0.2, 0.25) is 5.91 Å². The van der Waals surface area contributed by atoms with Crippen molar-refractivity contribution in [3.8, 4) is 0 Å². The largest absolute Gasteiger partial charge is 0.462 e. The fraction of sp³-hybridized carbons (Fsp3) is 0.188. The third-order valence-corrected chi connectivity index (χ3v) is 4.54. The third-order valence-electron chi connectivity index (χ3n) is 2.90.